The number of carbonyl (C=O) groups is 1. The molecule has 0 heterocycles. The summed E-state index contributed by atoms with van der Waals surface area (Å²) in [5.41, 5.74) is 6.62. The molecule has 1 aromatic carbocycles. The van der Waals surface area contributed by atoms with Crippen LogP contribution >= 0.6 is 12.4 Å². The summed E-state index contributed by atoms with van der Waals surface area (Å²) in [7, 11) is 0. The van der Waals surface area contributed by atoms with Crippen molar-refractivity contribution in [3.05, 3.63) is 35.9 Å². The zero-order valence-electron chi connectivity index (χ0n) is 10.7. The molecule has 2 N–H and O–H groups in total. The maximum absolute atomic E-state index is 11.8. The van der Waals surface area contributed by atoms with Gasteiger partial charge in [-0.25, -0.2) is 0 Å². The molecular weight excluding hydrogens is 252 g/mol. The fourth-order valence-electron chi connectivity index (χ4n) is 1.53. The van der Waals surface area contributed by atoms with Crippen molar-refractivity contribution in [2.75, 3.05) is 26.3 Å². The maximum Gasteiger partial charge on any atom is 0.248 e. The van der Waals surface area contributed by atoms with Crippen LogP contribution in [0.2, 0.25) is 0 Å². The Morgan fingerprint density at radius 2 is 2.00 bits per heavy atom. The van der Waals surface area contributed by atoms with Crippen molar-refractivity contribution in [3.8, 4) is 0 Å². The summed E-state index contributed by atoms with van der Waals surface area (Å²) in [4.78, 5) is 13.6. The summed E-state index contributed by atoms with van der Waals surface area (Å²) < 4.78 is 5.13. The lowest BCUT2D eigenvalue weighted by atomic mass is 10.2. The quantitative estimate of drug-likeness (QED) is 0.817. The molecule has 0 unspecified atom stereocenters. The predicted octanol–water partition coefficient (Wildman–Crippen LogP) is 1.43. The van der Waals surface area contributed by atoms with E-state index in [9.17, 15) is 4.79 Å². The van der Waals surface area contributed by atoms with Gasteiger partial charge in [-0.2, -0.15) is 0 Å². The molecule has 0 bridgehead atoms. The number of halogens is 1. The highest BCUT2D eigenvalue weighted by atomic mass is 35.5. The van der Waals surface area contributed by atoms with Crippen LogP contribution < -0.4 is 5.73 Å². The van der Waals surface area contributed by atoms with E-state index in [2.05, 4.69) is 0 Å². The molecule has 5 heteroatoms. The van der Waals surface area contributed by atoms with Gasteiger partial charge in [0.2, 0.25) is 5.91 Å². The van der Waals surface area contributed by atoms with E-state index in [0.29, 0.717) is 26.2 Å². The largest absolute Gasteiger partial charge is 0.372 e. The molecule has 102 valence electrons. The highest BCUT2D eigenvalue weighted by molar-refractivity contribution is 5.85. The van der Waals surface area contributed by atoms with Crippen molar-refractivity contribution < 1.29 is 9.53 Å². The lowest BCUT2D eigenvalue weighted by Gasteiger charge is -2.22. The van der Waals surface area contributed by atoms with Crippen LogP contribution in [0.3, 0.4) is 0 Å². The molecule has 0 fully saturated rings. The molecule has 0 atom stereocenters. The highest BCUT2D eigenvalue weighted by Crippen LogP contribution is 2.04. The summed E-state index contributed by atoms with van der Waals surface area (Å²) in [5, 5.41) is 0. The summed E-state index contributed by atoms with van der Waals surface area (Å²) in [6, 6.07) is 9.87. The van der Waals surface area contributed by atoms with Crippen LogP contribution in [0.4, 0.5) is 0 Å². The normalized spacial score (nSPS) is 9.67. The van der Waals surface area contributed by atoms with Gasteiger partial charge in [0.25, 0.3) is 0 Å². The minimum Gasteiger partial charge on any atom is -0.372 e. The first-order valence-corrected chi connectivity index (χ1v) is 5.87. The van der Waals surface area contributed by atoms with Gasteiger partial charge in [0.05, 0.1) is 0 Å². The molecule has 18 heavy (non-hydrogen) atoms. The smallest absolute Gasteiger partial charge is 0.248 e. The first kappa shape index (κ1) is 16.9. The zero-order valence-corrected chi connectivity index (χ0v) is 11.5. The van der Waals surface area contributed by atoms with E-state index in [1.54, 1.807) is 4.90 Å². The number of hydrogen-bond donors (Lipinski definition) is 1. The topological polar surface area (TPSA) is 55.6 Å². The van der Waals surface area contributed by atoms with Crippen LogP contribution in [0.15, 0.2) is 30.3 Å². The molecule has 0 aliphatic heterocycles. The maximum atomic E-state index is 11.8. The van der Waals surface area contributed by atoms with Crippen molar-refractivity contribution in [2.24, 2.45) is 5.73 Å². The fraction of sp³-hybridized carbons (Fsp3) is 0.462. The number of hydrogen-bond acceptors (Lipinski definition) is 3. The molecule has 0 aliphatic carbocycles. The van der Waals surface area contributed by atoms with E-state index in [1.165, 1.54) is 0 Å². The molecule has 0 aliphatic rings. The Kier molecular flexibility index (Phi) is 9.28. The molecule has 1 amide bonds. The number of carbonyl (C=O) groups excluding carboxylic acids is 1. The first-order valence-electron chi connectivity index (χ1n) is 5.87. The Bertz CT molecular complexity index is 333. The van der Waals surface area contributed by atoms with Gasteiger partial charge in [-0.3, -0.25) is 4.79 Å². The third kappa shape index (κ3) is 6.00. The zero-order chi connectivity index (χ0) is 12.5. The van der Waals surface area contributed by atoms with E-state index in [-0.39, 0.29) is 24.9 Å². The minimum atomic E-state index is -0.0128. The standard InChI is InChI=1S/C13H20N2O2.ClH/c1-2-17-11-13(16)15(9-8-14)10-12-6-4-3-5-7-12;/h3-7H,2,8-11,14H2,1H3;1H. The van der Waals surface area contributed by atoms with Gasteiger partial charge in [0, 0.05) is 26.2 Å². The van der Waals surface area contributed by atoms with E-state index in [1.807, 2.05) is 37.3 Å². The molecule has 4 nitrogen and oxygen atoms in total. The molecule has 0 aromatic heterocycles. The molecular formula is C13H21ClN2O2. The van der Waals surface area contributed by atoms with Crippen LogP contribution in [0.25, 0.3) is 0 Å². The van der Waals surface area contributed by atoms with Gasteiger partial charge in [0.15, 0.2) is 0 Å². The van der Waals surface area contributed by atoms with E-state index in [0.717, 1.165) is 5.56 Å². The minimum absolute atomic E-state index is 0. The van der Waals surface area contributed by atoms with Crippen molar-refractivity contribution in [3.63, 3.8) is 0 Å². The highest BCUT2D eigenvalue weighted by Gasteiger charge is 2.12. The number of nitrogens with two attached hydrogens (primary N) is 1. The second-order valence-corrected chi connectivity index (χ2v) is 3.73. The summed E-state index contributed by atoms with van der Waals surface area (Å²) in [6.45, 7) is 4.16. The number of ether oxygens (including phenoxy) is 1. The number of amides is 1. The first-order chi connectivity index (χ1) is 8.27. The molecule has 0 radical (unpaired) electrons. The Labute approximate surface area is 115 Å². The van der Waals surface area contributed by atoms with Gasteiger partial charge >= 0.3 is 0 Å². The van der Waals surface area contributed by atoms with E-state index >= 15 is 0 Å². The summed E-state index contributed by atoms with van der Waals surface area (Å²) >= 11 is 0. The molecule has 1 rings (SSSR count). The second-order valence-electron chi connectivity index (χ2n) is 3.73. The number of nitrogens with zero attached hydrogens (tertiary/aromatic N) is 1. The van der Waals surface area contributed by atoms with Crippen LogP contribution in [0.1, 0.15) is 12.5 Å². The van der Waals surface area contributed by atoms with Gasteiger partial charge in [-0.05, 0) is 12.5 Å². The van der Waals surface area contributed by atoms with Gasteiger partial charge in [0.1, 0.15) is 6.61 Å². The van der Waals surface area contributed by atoms with Crippen molar-refractivity contribution in [1.82, 2.24) is 4.90 Å². The monoisotopic (exact) mass is 272 g/mol. The average molecular weight is 273 g/mol. The molecule has 1 aromatic rings. The van der Waals surface area contributed by atoms with Gasteiger partial charge in [-0.15, -0.1) is 12.4 Å². The summed E-state index contributed by atoms with van der Waals surface area (Å²) in [6.07, 6.45) is 0. The Morgan fingerprint density at radius 3 is 2.56 bits per heavy atom. The lowest BCUT2D eigenvalue weighted by molar-refractivity contribution is -0.136. The van der Waals surface area contributed by atoms with Crippen molar-refractivity contribution in [2.45, 2.75) is 13.5 Å². The van der Waals surface area contributed by atoms with Crippen molar-refractivity contribution in [1.29, 1.82) is 0 Å². The Balaban J connectivity index is 0.00000289. The SMILES string of the molecule is CCOCC(=O)N(CCN)Cc1ccccc1.Cl. The van der Waals surface area contributed by atoms with Crippen molar-refractivity contribution >= 4 is 18.3 Å². The van der Waals surface area contributed by atoms with E-state index < -0.39 is 0 Å². The number of rotatable bonds is 7. The Hall–Kier alpha value is -1.10. The average Bonchev–Trinajstić information content (AvgIpc) is 2.36. The van der Waals surface area contributed by atoms with Crippen LogP contribution in [-0.4, -0.2) is 37.1 Å². The van der Waals surface area contributed by atoms with Crippen LogP contribution in [-0.2, 0) is 16.1 Å². The third-order valence-corrected chi connectivity index (χ3v) is 2.40. The van der Waals surface area contributed by atoms with Crippen LogP contribution in [0.5, 0.6) is 0 Å². The molecule has 0 saturated carbocycles. The summed E-state index contributed by atoms with van der Waals surface area (Å²) in [5.74, 6) is -0.0128. The lowest BCUT2D eigenvalue weighted by Crippen LogP contribution is -2.37. The van der Waals surface area contributed by atoms with Gasteiger partial charge in [-0.1, -0.05) is 30.3 Å². The third-order valence-electron chi connectivity index (χ3n) is 2.40. The predicted molar refractivity (Wildman–Crippen MR) is 74.7 cm³/mol. The van der Waals surface area contributed by atoms with E-state index in [4.69, 9.17) is 10.5 Å². The fourth-order valence-corrected chi connectivity index (χ4v) is 1.53. The number of benzene rings is 1. The van der Waals surface area contributed by atoms with Crippen LogP contribution in [0, 0.1) is 0 Å². The van der Waals surface area contributed by atoms with Gasteiger partial charge < -0.3 is 15.4 Å². The molecule has 0 spiro atoms. The Morgan fingerprint density at radius 1 is 1.33 bits per heavy atom. The second kappa shape index (κ2) is 9.88. The molecule has 0 saturated heterocycles.